The zero-order valence-electron chi connectivity index (χ0n) is 23.8. The second-order valence-electron chi connectivity index (χ2n) is 10.5. The Morgan fingerprint density at radius 1 is 1.18 bits per heavy atom. The van der Waals surface area contributed by atoms with Crippen molar-refractivity contribution in [3.05, 3.63) is 112 Å². The number of nitrogens with one attached hydrogen (secondary N) is 1. The number of nitrogens with zero attached hydrogens (tertiary/aromatic N) is 4. The number of benzene rings is 2. The van der Waals surface area contributed by atoms with E-state index >= 15 is 0 Å². The van der Waals surface area contributed by atoms with Crippen LogP contribution in [0.5, 0.6) is 0 Å². The predicted molar refractivity (Wildman–Crippen MR) is 171 cm³/mol. The van der Waals surface area contributed by atoms with E-state index in [4.69, 9.17) is 4.99 Å². The van der Waals surface area contributed by atoms with Crippen LogP contribution < -0.4 is 5.32 Å². The zero-order valence-corrected chi connectivity index (χ0v) is 25.4. The lowest BCUT2D eigenvalue weighted by molar-refractivity contribution is 0.148. The molecule has 1 unspecified atom stereocenters. The summed E-state index contributed by atoms with van der Waals surface area (Å²) in [5, 5.41) is 14.4. The van der Waals surface area contributed by atoms with Crippen LogP contribution in [0.1, 0.15) is 47.3 Å². The van der Waals surface area contributed by atoms with Crippen molar-refractivity contribution in [1.82, 2.24) is 14.8 Å². The third-order valence-corrected chi connectivity index (χ3v) is 8.04. The van der Waals surface area contributed by atoms with Gasteiger partial charge >= 0.3 is 0 Å². The lowest BCUT2D eigenvalue weighted by atomic mass is 9.99. The molecule has 210 valence electrons. The molecule has 40 heavy (non-hydrogen) atoms. The number of pyridine rings is 1. The minimum atomic E-state index is -0.527. The summed E-state index contributed by atoms with van der Waals surface area (Å²) in [7, 11) is 2.18. The Morgan fingerprint density at radius 3 is 2.67 bits per heavy atom. The SMILES string of the molecule is C=C/C=C(\N=C(C)Nc1cc(CCC(O)c2ccc(CN3CCN(C)CC3)c(Br)c2)ccc1C)c1cccnc1. The lowest BCUT2D eigenvalue weighted by Crippen LogP contribution is -2.43. The summed E-state index contributed by atoms with van der Waals surface area (Å²) < 4.78 is 1.07. The number of aliphatic imine (C=N–C) groups is 1. The number of allylic oxidation sites excluding steroid dienone is 2. The van der Waals surface area contributed by atoms with E-state index in [9.17, 15) is 5.11 Å². The molecule has 2 aromatic carbocycles. The number of amidine groups is 1. The van der Waals surface area contributed by atoms with Crippen LogP contribution in [0.25, 0.3) is 5.70 Å². The minimum Gasteiger partial charge on any atom is -0.388 e. The Labute approximate surface area is 247 Å². The van der Waals surface area contributed by atoms with Crippen LogP contribution in [-0.4, -0.2) is 59.0 Å². The molecule has 2 heterocycles. The van der Waals surface area contributed by atoms with Crippen molar-refractivity contribution in [1.29, 1.82) is 0 Å². The first kappa shape index (κ1) is 29.9. The third kappa shape index (κ3) is 8.45. The molecule has 7 heteroatoms. The predicted octanol–water partition coefficient (Wildman–Crippen LogP) is 6.62. The van der Waals surface area contributed by atoms with Crippen LogP contribution in [0.15, 0.2) is 89.1 Å². The summed E-state index contributed by atoms with van der Waals surface area (Å²) in [5.74, 6) is 0.777. The van der Waals surface area contributed by atoms with Crippen molar-refractivity contribution in [2.75, 3.05) is 38.5 Å². The molecule has 1 saturated heterocycles. The maximum absolute atomic E-state index is 11.0. The van der Waals surface area contributed by atoms with Gasteiger partial charge in [0, 0.05) is 60.8 Å². The van der Waals surface area contributed by atoms with Crippen LogP contribution in [0.3, 0.4) is 0 Å². The average Bonchev–Trinajstić information content (AvgIpc) is 2.95. The summed E-state index contributed by atoms with van der Waals surface area (Å²) in [6.07, 6.45) is 8.04. The molecule has 0 saturated carbocycles. The summed E-state index contributed by atoms with van der Waals surface area (Å²) in [5.41, 5.74) is 7.25. The van der Waals surface area contributed by atoms with Gasteiger partial charge in [-0.3, -0.25) is 9.88 Å². The van der Waals surface area contributed by atoms with E-state index in [0.717, 1.165) is 77.5 Å². The Kier molecular flexibility index (Phi) is 10.8. The molecule has 0 amide bonds. The van der Waals surface area contributed by atoms with Crippen LogP contribution in [0, 0.1) is 6.92 Å². The monoisotopic (exact) mass is 601 g/mol. The number of anilines is 1. The van der Waals surface area contributed by atoms with E-state index in [2.05, 4.69) is 93.0 Å². The molecule has 0 spiro atoms. The molecule has 0 radical (unpaired) electrons. The average molecular weight is 603 g/mol. The van der Waals surface area contributed by atoms with Gasteiger partial charge in [-0.05, 0) is 86.3 Å². The highest BCUT2D eigenvalue weighted by atomic mass is 79.9. The number of halogens is 1. The molecule has 6 nitrogen and oxygen atoms in total. The van der Waals surface area contributed by atoms with E-state index in [1.165, 1.54) is 11.1 Å². The van der Waals surface area contributed by atoms with Gasteiger partial charge in [-0.25, -0.2) is 4.99 Å². The van der Waals surface area contributed by atoms with Gasteiger partial charge in [-0.2, -0.15) is 0 Å². The quantitative estimate of drug-likeness (QED) is 0.155. The number of aliphatic hydroxyl groups excluding tert-OH is 1. The van der Waals surface area contributed by atoms with Gasteiger partial charge in [0.1, 0.15) is 5.84 Å². The molecule has 1 aliphatic rings. The van der Waals surface area contributed by atoms with Crippen LogP contribution >= 0.6 is 15.9 Å². The molecule has 2 N–H and O–H groups in total. The molecular weight excluding hydrogens is 562 g/mol. The number of piperazine rings is 1. The van der Waals surface area contributed by atoms with E-state index < -0.39 is 6.10 Å². The minimum absolute atomic E-state index is 0.527. The Hall–Kier alpha value is -3.10. The molecule has 0 aliphatic carbocycles. The molecule has 0 bridgehead atoms. The standard InChI is InChI=1S/C33H40BrN5O/c1-5-7-31(28-8-6-15-35-22-28)36-25(3)37-32-20-26(10-9-24(32)2)11-14-33(40)27-12-13-29(30(34)21-27)23-39-18-16-38(4)17-19-39/h5-10,12-13,15,20-22,33,40H,1,11,14,16-19,23H2,2-4H3,(H,36,37)/b31-7-. The number of hydrogen-bond donors (Lipinski definition) is 2. The Morgan fingerprint density at radius 2 is 1.98 bits per heavy atom. The van der Waals surface area contributed by atoms with Gasteiger partial charge in [0.15, 0.2) is 0 Å². The number of aliphatic hydroxyl groups is 1. The summed E-state index contributed by atoms with van der Waals surface area (Å²) in [4.78, 5) is 13.8. The largest absolute Gasteiger partial charge is 0.388 e. The van der Waals surface area contributed by atoms with Gasteiger partial charge in [0.2, 0.25) is 0 Å². The molecule has 1 fully saturated rings. The van der Waals surface area contributed by atoms with E-state index in [-0.39, 0.29) is 0 Å². The molecule has 1 aliphatic heterocycles. The highest BCUT2D eigenvalue weighted by molar-refractivity contribution is 9.10. The summed E-state index contributed by atoms with van der Waals surface area (Å²) in [6, 6.07) is 16.6. The van der Waals surface area contributed by atoms with E-state index in [0.29, 0.717) is 6.42 Å². The molecule has 1 aromatic heterocycles. The van der Waals surface area contributed by atoms with Crippen LogP contribution in [-0.2, 0) is 13.0 Å². The summed E-state index contributed by atoms with van der Waals surface area (Å²) in [6.45, 7) is 13.2. The van der Waals surface area contributed by atoms with E-state index in [1.54, 1.807) is 18.5 Å². The van der Waals surface area contributed by atoms with Crippen molar-refractivity contribution in [3.8, 4) is 0 Å². The Balaban J connectivity index is 1.37. The van der Waals surface area contributed by atoms with Gasteiger partial charge in [-0.1, -0.05) is 52.9 Å². The number of rotatable bonds is 10. The smallest absolute Gasteiger partial charge is 0.103 e. The van der Waals surface area contributed by atoms with Crippen LogP contribution in [0.4, 0.5) is 5.69 Å². The first-order chi connectivity index (χ1) is 19.3. The Bertz CT molecular complexity index is 1350. The van der Waals surface area contributed by atoms with Gasteiger partial charge in [-0.15, -0.1) is 0 Å². The van der Waals surface area contributed by atoms with Crippen molar-refractivity contribution in [2.24, 2.45) is 4.99 Å². The topological polar surface area (TPSA) is 64.0 Å². The molecular formula is C33H40BrN5O. The second-order valence-corrected chi connectivity index (χ2v) is 11.3. The zero-order chi connectivity index (χ0) is 28.5. The maximum Gasteiger partial charge on any atom is 0.103 e. The van der Waals surface area contributed by atoms with Crippen molar-refractivity contribution < 1.29 is 5.11 Å². The fourth-order valence-corrected chi connectivity index (χ4v) is 5.32. The normalized spacial score (nSPS) is 16.1. The lowest BCUT2D eigenvalue weighted by Gasteiger charge is -2.32. The van der Waals surface area contributed by atoms with Crippen molar-refractivity contribution in [2.45, 2.75) is 39.3 Å². The number of likely N-dealkylation sites (N-methyl/N-ethyl adjacent to an activating group) is 1. The van der Waals surface area contributed by atoms with Gasteiger partial charge in [0.25, 0.3) is 0 Å². The fraction of sp³-hybridized carbons (Fsp3) is 0.333. The number of aromatic nitrogens is 1. The third-order valence-electron chi connectivity index (χ3n) is 7.30. The second kappa shape index (κ2) is 14.5. The molecule has 4 rings (SSSR count). The maximum atomic E-state index is 11.0. The van der Waals surface area contributed by atoms with Crippen LogP contribution in [0.2, 0.25) is 0 Å². The number of aryl methyl sites for hydroxylation is 2. The number of hydrogen-bond acceptors (Lipinski definition) is 5. The van der Waals surface area contributed by atoms with E-state index in [1.807, 2.05) is 25.1 Å². The van der Waals surface area contributed by atoms with Crippen molar-refractivity contribution >= 4 is 33.1 Å². The van der Waals surface area contributed by atoms with Gasteiger partial charge in [0.05, 0.1) is 11.8 Å². The first-order valence-corrected chi connectivity index (χ1v) is 14.6. The molecule has 1 atom stereocenters. The van der Waals surface area contributed by atoms with Crippen molar-refractivity contribution in [3.63, 3.8) is 0 Å². The summed E-state index contributed by atoms with van der Waals surface area (Å²) >= 11 is 3.75. The highest BCUT2D eigenvalue weighted by Gasteiger charge is 2.16. The first-order valence-electron chi connectivity index (χ1n) is 13.8. The molecule has 3 aromatic rings. The fourth-order valence-electron chi connectivity index (χ4n) is 4.80. The highest BCUT2D eigenvalue weighted by Crippen LogP contribution is 2.27. The van der Waals surface area contributed by atoms with Gasteiger partial charge < -0.3 is 15.3 Å².